The lowest BCUT2D eigenvalue weighted by atomic mass is 9.77. The molecule has 1 heterocycles. The lowest BCUT2D eigenvalue weighted by molar-refractivity contribution is -0.137. The molecule has 1 N–H and O–H groups in total. The minimum absolute atomic E-state index is 0.0201. The first-order valence-electron chi connectivity index (χ1n) is 11.9. The van der Waals surface area contributed by atoms with Gasteiger partial charge in [-0.05, 0) is 44.4 Å². The van der Waals surface area contributed by atoms with Crippen LogP contribution < -0.4 is 5.32 Å². The van der Waals surface area contributed by atoms with E-state index < -0.39 is 39.1 Å². The van der Waals surface area contributed by atoms with Crippen molar-refractivity contribution in [1.29, 1.82) is 0 Å². The average molecular weight is 560 g/mol. The van der Waals surface area contributed by atoms with Gasteiger partial charge in [0.05, 0.1) is 21.9 Å². The van der Waals surface area contributed by atoms with Crippen LogP contribution in [0.15, 0.2) is 18.2 Å². The molecule has 13 heteroatoms. The van der Waals surface area contributed by atoms with E-state index in [0.717, 1.165) is 12.1 Å². The van der Waals surface area contributed by atoms with Gasteiger partial charge in [-0.2, -0.15) is 17.5 Å². The summed E-state index contributed by atoms with van der Waals surface area (Å²) >= 11 is 5.94. The molecule has 1 aliphatic heterocycles. The van der Waals surface area contributed by atoms with Gasteiger partial charge in [0.25, 0.3) is 5.91 Å². The maximum Gasteiger partial charge on any atom is 0.416 e. The van der Waals surface area contributed by atoms with Crippen LogP contribution in [0.3, 0.4) is 0 Å². The van der Waals surface area contributed by atoms with Crippen molar-refractivity contribution in [2.24, 2.45) is 0 Å². The summed E-state index contributed by atoms with van der Waals surface area (Å²) in [5, 5.41) is 2.32. The van der Waals surface area contributed by atoms with Gasteiger partial charge in [-0.25, -0.2) is 17.2 Å². The van der Waals surface area contributed by atoms with Crippen LogP contribution in [0.4, 0.5) is 22.0 Å². The normalized spacial score (nSPS) is 23.4. The topological polar surface area (TPSA) is 69.7 Å². The second-order valence-electron chi connectivity index (χ2n) is 9.68. The van der Waals surface area contributed by atoms with Gasteiger partial charge in [-0.15, -0.1) is 0 Å². The number of hydrogen-bond acceptors (Lipinski definition) is 4. The second kappa shape index (κ2) is 10.7. The highest BCUT2D eigenvalue weighted by Crippen LogP contribution is 2.42. The van der Waals surface area contributed by atoms with Gasteiger partial charge in [0.1, 0.15) is 0 Å². The van der Waals surface area contributed by atoms with Crippen molar-refractivity contribution in [2.75, 3.05) is 31.9 Å². The van der Waals surface area contributed by atoms with Crippen LogP contribution in [0.1, 0.15) is 61.9 Å². The van der Waals surface area contributed by atoms with Gasteiger partial charge in [0, 0.05) is 50.6 Å². The number of halogens is 6. The van der Waals surface area contributed by atoms with Crippen LogP contribution in [0.25, 0.3) is 0 Å². The summed E-state index contributed by atoms with van der Waals surface area (Å²) in [6.45, 7) is 4.36. The molecule has 1 saturated heterocycles. The Kier molecular flexibility index (Phi) is 8.64. The zero-order valence-electron chi connectivity index (χ0n) is 20.2. The third kappa shape index (κ3) is 6.49. The first kappa shape index (κ1) is 29.1. The van der Waals surface area contributed by atoms with E-state index in [1.54, 1.807) is 13.8 Å². The highest BCUT2D eigenvalue weighted by Gasteiger charge is 2.48. The van der Waals surface area contributed by atoms with Crippen molar-refractivity contribution in [3.8, 4) is 0 Å². The largest absolute Gasteiger partial charge is 0.416 e. The Morgan fingerprint density at radius 3 is 2.33 bits per heavy atom. The molecule has 1 aromatic rings. The summed E-state index contributed by atoms with van der Waals surface area (Å²) in [5.41, 5.74) is -1.98. The van der Waals surface area contributed by atoms with Gasteiger partial charge in [-0.3, -0.25) is 9.69 Å². The van der Waals surface area contributed by atoms with E-state index in [9.17, 15) is 35.2 Å². The van der Waals surface area contributed by atoms with E-state index in [1.807, 2.05) is 4.90 Å². The number of nitrogens with one attached hydrogen (secondary N) is 1. The first-order chi connectivity index (χ1) is 16.6. The van der Waals surface area contributed by atoms with Crippen LogP contribution in [-0.4, -0.2) is 73.0 Å². The lowest BCUT2D eigenvalue weighted by Crippen LogP contribution is -2.65. The minimum atomic E-state index is -4.61. The van der Waals surface area contributed by atoms with Crippen LogP contribution in [0.5, 0.6) is 0 Å². The second-order valence-corrected chi connectivity index (χ2v) is 12.1. The Bertz CT molecular complexity index is 1060. The van der Waals surface area contributed by atoms with Crippen LogP contribution in [0.2, 0.25) is 5.02 Å². The minimum Gasteiger partial charge on any atom is -0.350 e. The highest BCUT2D eigenvalue weighted by molar-refractivity contribution is 7.89. The zero-order valence-corrected chi connectivity index (χ0v) is 21.7. The number of alkyl halides is 5. The molecule has 3 rings (SSSR count). The molecule has 1 atom stereocenters. The Morgan fingerprint density at radius 1 is 1.17 bits per heavy atom. The number of carbonyl (C=O) groups is 1. The molecule has 0 aromatic heterocycles. The summed E-state index contributed by atoms with van der Waals surface area (Å²) in [6.07, 6.45) is -4.74. The quantitative estimate of drug-likeness (QED) is 0.488. The summed E-state index contributed by atoms with van der Waals surface area (Å²) in [7, 11) is -3.43. The van der Waals surface area contributed by atoms with Gasteiger partial charge >= 0.3 is 6.18 Å². The van der Waals surface area contributed by atoms with E-state index in [2.05, 4.69) is 5.32 Å². The van der Waals surface area contributed by atoms with E-state index in [4.69, 9.17) is 11.6 Å². The van der Waals surface area contributed by atoms with Crippen LogP contribution in [-0.2, 0) is 16.2 Å². The number of benzene rings is 1. The monoisotopic (exact) mass is 559 g/mol. The van der Waals surface area contributed by atoms with Gasteiger partial charge in [0.2, 0.25) is 15.9 Å². The summed E-state index contributed by atoms with van der Waals surface area (Å²) < 4.78 is 93.5. The Morgan fingerprint density at radius 2 is 1.81 bits per heavy atom. The third-order valence-corrected chi connectivity index (χ3v) is 9.58. The fraction of sp³-hybridized carbons (Fsp3) is 0.696. The summed E-state index contributed by atoms with van der Waals surface area (Å²) in [6, 6.07) is 2.04. The van der Waals surface area contributed by atoms with Gasteiger partial charge < -0.3 is 5.32 Å². The van der Waals surface area contributed by atoms with Crippen molar-refractivity contribution >= 4 is 27.5 Å². The van der Waals surface area contributed by atoms with Gasteiger partial charge in [-0.1, -0.05) is 18.5 Å². The van der Waals surface area contributed by atoms with Crippen molar-refractivity contribution in [3.05, 3.63) is 34.3 Å². The standard InChI is InChI=1S/C23H31ClF5N3O3S/c1-3-12-36(34,35)32-11-10-31(14-16(32)2)21(6-8-22(25,26)9-7-21)15-30-20(33)18-5-4-17(13-19(18)24)23(27,28)29/h4-5,13,16H,3,6-12,14-15H2,1-2H3,(H,30,33). The maximum absolute atomic E-state index is 14.0. The summed E-state index contributed by atoms with van der Waals surface area (Å²) in [4.78, 5) is 14.8. The fourth-order valence-corrected chi connectivity index (χ4v) is 7.05. The molecule has 1 aromatic carbocycles. The molecule has 1 saturated carbocycles. The number of hydrogen-bond donors (Lipinski definition) is 1. The number of sulfonamides is 1. The SMILES string of the molecule is CCCS(=O)(=O)N1CCN(C2(CNC(=O)c3ccc(C(F)(F)F)cc3Cl)CCC(F)(F)CC2)CC1C. The van der Waals surface area contributed by atoms with Crippen molar-refractivity contribution in [1.82, 2.24) is 14.5 Å². The number of nitrogens with zero attached hydrogens (tertiary/aromatic N) is 2. The predicted octanol–water partition coefficient (Wildman–Crippen LogP) is 4.78. The number of carbonyl (C=O) groups excluding carboxylic acids is 1. The summed E-state index contributed by atoms with van der Waals surface area (Å²) in [5.74, 6) is -3.51. The molecule has 2 fully saturated rings. The van der Waals surface area contributed by atoms with Gasteiger partial charge in [0.15, 0.2) is 0 Å². The highest BCUT2D eigenvalue weighted by atomic mass is 35.5. The van der Waals surface area contributed by atoms with E-state index >= 15 is 0 Å². The van der Waals surface area contributed by atoms with E-state index in [0.29, 0.717) is 25.6 Å². The van der Waals surface area contributed by atoms with Crippen molar-refractivity contribution in [3.63, 3.8) is 0 Å². The Hall–Kier alpha value is -1.50. The van der Waals surface area contributed by atoms with Crippen LogP contribution in [0, 0.1) is 0 Å². The molecule has 0 bridgehead atoms. The molecule has 2 aliphatic rings. The fourth-order valence-electron chi connectivity index (χ4n) is 5.06. The molecule has 0 spiro atoms. The molecule has 36 heavy (non-hydrogen) atoms. The molecular weight excluding hydrogens is 529 g/mol. The predicted molar refractivity (Wildman–Crippen MR) is 127 cm³/mol. The smallest absolute Gasteiger partial charge is 0.350 e. The molecule has 6 nitrogen and oxygen atoms in total. The Balaban J connectivity index is 1.77. The zero-order chi connectivity index (χ0) is 26.9. The number of rotatable bonds is 7. The molecule has 0 radical (unpaired) electrons. The third-order valence-electron chi connectivity index (χ3n) is 7.09. The van der Waals surface area contributed by atoms with E-state index in [-0.39, 0.29) is 61.2 Å². The lowest BCUT2D eigenvalue weighted by Gasteiger charge is -2.52. The van der Waals surface area contributed by atoms with Crippen molar-refractivity contribution < 1.29 is 35.2 Å². The molecule has 1 unspecified atom stereocenters. The molecule has 204 valence electrons. The van der Waals surface area contributed by atoms with Crippen molar-refractivity contribution in [2.45, 2.75) is 69.6 Å². The number of piperazine rings is 1. The molecule has 1 amide bonds. The van der Waals surface area contributed by atoms with E-state index in [1.165, 1.54) is 4.31 Å². The maximum atomic E-state index is 14.0. The van der Waals surface area contributed by atoms with Crippen LogP contribution >= 0.6 is 11.6 Å². The Labute approximate surface area is 213 Å². The molecular formula is C23H31ClF5N3O3S. The average Bonchev–Trinajstić information content (AvgIpc) is 2.77. The molecule has 1 aliphatic carbocycles. The first-order valence-corrected chi connectivity index (χ1v) is 13.9. The number of amides is 1.